The average molecular weight is 390 g/mol. The summed E-state index contributed by atoms with van der Waals surface area (Å²) in [7, 11) is 3.22. The van der Waals surface area contributed by atoms with Gasteiger partial charge >= 0.3 is 0 Å². The standard InChI is InChI=1S/C25H26O4/c1-4-23(26)24(27)25(18-8-6-5-7-9-18,19-10-14-21(28-2)15-11-19)20-12-16-22(29-3)17-13-20/h4-17,23-24,26-27H,1H2,2-3H3/t23?,24-/m0/s1. The Bertz CT molecular complexity index is 870. The molecule has 3 aromatic rings. The van der Waals surface area contributed by atoms with Crippen LogP contribution < -0.4 is 9.47 Å². The molecule has 3 aromatic carbocycles. The first-order valence-electron chi connectivity index (χ1n) is 9.41. The molecular weight excluding hydrogens is 364 g/mol. The minimum atomic E-state index is -1.18. The largest absolute Gasteiger partial charge is 0.497 e. The lowest BCUT2D eigenvalue weighted by Crippen LogP contribution is -2.48. The Balaban J connectivity index is 2.35. The van der Waals surface area contributed by atoms with E-state index in [1.165, 1.54) is 6.08 Å². The fourth-order valence-corrected chi connectivity index (χ4v) is 3.81. The van der Waals surface area contributed by atoms with Gasteiger partial charge in [-0.25, -0.2) is 0 Å². The summed E-state index contributed by atoms with van der Waals surface area (Å²) >= 11 is 0. The van der Waals surface area contributed by atoms with Crippen LogP contribution in [0.4, 0.5) is 0 Å². The topological polar surface area (TPSA) is 58.9 Å². The highest BCUT2D eigenvalue weighted by atomic mass is 16.5. The SMILES string of the molecule is C=CC(O)[C@H](O)C(c1ccccc1)(c1ccc(OC)cc1)c1ccc(OC)cc1. The van der Waals surface area contributed by atoms with Crippen LogP contribution in [0, 0.1) is 0 Å². The van der Waals surface area contributed by atoms with Crippen molar-refractivity contribution in [2.24, 2.45) is 0 Å². The lowest BCUT2D eigenvalue weighted by molar-refractivity contribution is 0.0160. The average Bonchev–Trinajstić information content (AvgIpc) is 2.80. The zero-order valence-corrected chi connectivity index (χ0v) is 16.7. The van der Waals surface area contributed by atoms with E-state index in [0.717, 1.165) is 16.7 Å². The Morgan fingerprint density at radius 3 is 1.52 bits per heavy atom. The Morgan fingerprint density at radius 1 is 0.724 bits per heavy atom. The molecule has 0 amide bonds. The van der Waals surface area contributed by atoms with E-state index in [2.05, 4.69) is 6.58 Å². The summed E-state index contributed by atoms with van der Waals surface area (Å²) in [4.78, 5) is 0. The van der Waals surface area contributed by atoms with Crippen molar-refractivity contribution in [2.45, 2.75) is 17.6 Å². The fourth-order valence-electron chi connectivity index (χ4n) is 3.81. The number of ether oxygens (including phenoxy) is 2. The van der Waals surface area contributed by atoms with Gasteiger partial charge in [0.25, 0.3) is 0 Å². The van der Waals surface area contributed by atoms with Crippen molar-refractivity contribution in [3.8, 4) is 11.5 Å². The van der Waals surface area contributed by atoms with Gasteiger partial charge in [0.05, 0.1) is 25.7 Å². The molecule has 0 fully saturated rings. The second-order valence-corrected chi connectivity index (χ2v) is 6.80. The summed E-state index contributed by atoms with van der Waals surface area (Å²) in [5.41, 5.74) is 1.46. The quantitative estimate of drug-likeness (QED) is 0.452. The number of benzene rings is 3. The fraction of sp³-hybridized carbons (Fsp3) is 0.200. The van der Waals surface area contributed by atoms with Crippen LogP contribution in [0.3, 0.4) is 0 Å². The smallest absolute Gasteiger partial charge is 0.118 e. The van der Waals surface area contributed by atoms with Crippen LogP contribution in [-0.4, -0.2) is 36.6 Å². The number of aliphatic hydroxyl groups excluding tert-OH is 2. The van der Waals surface area contributed by atoms with Crippen molar-refractivity contribution in [1.29, 1.82) is 0 Å². The lowest BCUT2D eigenvalue weighted by Gasteiger charge is -2.41. The van der Waals surface area contributed by atoms with Gasteiger partial charge in [0.15, 0.2) is 0 Å². The van der Waals surface area contributed by atoms with Crippen molar-refractivity contribution in [3.05, 3.63) is 108 Å². The Hall–Kier alpha value is -3.08. The molecule has 1 unspecified atom stereocenters. The predicted octanol–water partition coefficient (Wildman–Crippen LogP) is 3.95. The molecule has 0 bridgehead atoms. The van der Waals surface area contributed by atoms with E-state index in [1.807, 2.05) is 78.9 Å². The molecule has 29 heavy (non-hydrogen) atoms. The van der Waals surface area contributed by atoms with E-state index in [0.29, 0.717) is 11.5 Å². The summed E-state index contributed by atoms with van der Waals surface area (Å²) < 4.78 is 10.6. The van der Waals surface area contributed by atoms with Crippen molar-refractivity contribution in [1.82, 2.24) is 0 Å². The van der Waals surface area contributed by atoms with Gasteiger partial charge in [-0.2, -0.15) is 0 Å². The molecule has 4 heteroatoms. The van der Waals surface area contributed by atoms with Crippen LogP contribution >= 0.6 is 0 Å². The Kier molecular flexibility index (Phi) is 6.37. The van der Waals surface area contributed by atoms with E-state index in [-0.39, 0.29) is 0 Å². The highest BCUT2D eigenvalue weighted by Gasteiger charge is 2.45. The van der Waals surface area contributed by atoms with Crippen LogP contribution in [-0.2, 0) is 5.41 Å². The molecule has 0 aliphatic rings. The summed E-state index contributed by atoms with van der Waals surface area (Å²) in [5.74, 6) is 1.42. The first kappa shape index (κ1) is 20.6. The molecule has 0 heterocycles. The second-order valence-electron chi connectivity index (χ2n) is 6.80. The Morgan fingerprint density at radius 2 is 1.14 bits per heavy atom. The highest BCUT2D eigenvalue weighted by molar-refractivity contribution is 5.54. The van der Waals surface area contributed by atoms with Gasteiger partial charge in [-0.05, 0) is 41.0 Å². The summed E-state index contributed by atoms with van der Waals surface area (Å²) in [6.45, 7) is 3.68. The third-order valence-electron chi connectivity index (χ3n) is 5.33. The van der Waals surface area contributed by atoms with Gasteiger partial charge < -0.3 is 19.7 Å². The number of hydrogen-bond donors (Lipinski definition) is 2. The van der Waals surface area contributed by atoms with Gasteiger partial charge in [0, 0.05) is 0 Å². The molecule has 0 saturated heterocycles. The van der Waals surface area contributed by atoms with Crippen LogP contribution in [0.25, 0.3) is 0 Å². The number of methoxy groups -OCH3 is 2. The van der Waals surface area contributed by atoms with Crippen molar-refractivity contribution in [3.63, 3.8) is 0 Å². The molecule has 2 N–H and O–H groups in total. The van der Waals surface area contributed by atoms with Gasteiger partial charge in [-0.3, -0.25) is 0 Å². The Labute approximate surface area is 171 Å². The lowest BCUT2D eigenvalue weighted by atomic mass is 9.64. The predicted molar refractivity (Wildman–Crippen MR) is 115 cm³/mol. The summed E-state index contributed by atoms with van der Waals surface area (Å²) in [6.07, 6.45) is -0.960. The maximum Gasteiger partial charge on any atom is 0.118 e. The zero-order chi connectivity index (χ0) is 20.9. The van der Waals surface area contributed by atoms with E-state index in [9.17, 15) is 10.2 Å². The molecule has 4 nitrogen and oxygen atoms in total. The maximum absolute atomic E-state index is 11.5. The van der Waals surface area contributed by atoms with Gasteiger partial charge in [-0.15, -0.1) is 6.58 Å². The van der Waals surface area contributed by atoms with Gasteiger partial charge in [0.1, 0.15) is 17.6 Å². The van der Waals surface area contributed by atoms with E-state index >= 15 is 0 Å². The monoisotopic (exact) mass is 390 g/mol. The van der Waals surface area contributed by atoms with Crippen LogP contribution in [0.2, 0.25) is 0 Å². The molecular formula is C25H26O4. The first-order chi connectivity index (χ1) is 14.1. The summed E-state index contributed by atoms with van der Waals surface area (Å²) in [6, 6.07) is 24.7. The maximum atomic E-state index is 11.5. The molecule has 0 saturated carbocycles. The van der Waals surface area contributed by atoms with Crippen molar-refractivity contribution >= 4 is 0 Å². The van der Waals surface area contributed by atoms with E-state index < -0.39 is 17.6 Å². The molecule has 0 aliphatic carbocycles. The molecule has 3 rings (SSSR count). The molecule has 150 valence electrons. The van der Waals surface area contributed by atoms with Crippen molar-refractivity contribution in [2.75, 3.05) is 14.2 Å². The van der Waals surface area contributed by atoms with Gasteiger partial charge in [0.2, 0.25) is 0 Å². The minimum absolute atomic E-state index is 0.712. The first-order valence-corrected chi connectivity index (χ1v) is 9.41. The third kappa shape index (κ3) is 3.77. The minimum Gasteiger partial charge on any atom is -0.497 e. The highest BCUT2D eigenvalue weighted by Crippen LogP contribution is 2.44. The number of aliphatic hydroxyl groups is 2. The second kappa shape index (κ2) is 8.95. The molecule has 0 aliphatic heterocycles. The van der Waals surface area contributed by atoms with Crippen molar-refractivity contribution < 1.29 is 19.7 Å². The third-order valence-corrected chi connectivity index (χ3v) is 5.33. The van der Waals surface area contributed by atoms with Crippen LogP contribution in [0.15, 0.2) is 91.5 Å². The summed E-state index contributed by atoms with van der Waals surface area (Å²) in [5, 5.41) is 22.1. The molecule has 0 spiro atoms. The van der Waals surface area contributed by atoms with E-state index in [1.54, 1.807) is 14.2 Å². The number of hydrogen-bond acceptors (Lipinski definition) is 4. The van der Waals surface area contributed by atoms with Crippen LogP contribution in [0.5, 0.6) is 11.5 Å². The molecule has 0 radical (unpaired) electrons. The normalized spacial score (nSPS) is 13.4. The number of rotatable bonds is 8. The molecule has 0 aromatic heterocycles. The molecule has 2 atom stereocenters. The van der Waals surface area contributed by atoms with E-state index in [4.69, 9.17) is 9.47 Å². The van der Waals surface area contributed by atoms with Gasteiger partial charge in [-0.1, -0.05) is 60.7 Å². The van der Waals surface area contributed by atoms with Crippen LogP contribution in [0.1, 0.15) is 16.7 Å². The zero-order valence-electron chi connectivity index (χ0n) is 16.7.